The first-order chi connectivity index (χ1) is 12.7. The maximum absolute atomic E-state index is 12.5. The molecule has 0 unspecified atom stereocenters. The van der Waals surface area contributed by atoms with Gasteiger partial charge in [-0.15, -0.1) is 11.3 Å². The minimum Gasteiger partial charge on any atom is -0.348 e. The number of para-hydroxylation sites is 1. The van der Waals surface area contributed by atoms with Gasteiger partial charge in [0.15, 0.2) is 0 Å². The molecule has 132 valence electrons. The van der Waals surface area contributed by atoms with Crippen molar-refractivity contribution in [2.75, 3.05) is 11.1 Å². The van der Waals surface area contributed by atoms with Gasteiger partial charge in [-0.25, -0.2) is 4.98 Å². The molecule has 2 N–H and O–H groups in total. The van der Waals surface area contributed by atoms with Gasteiger partial charge in [-0.3, -0.25) is 9.59 Å². The van der Waals surface area contributed by atoms with Crippen LogP contribution in [0.3, 0.4) is 0 Å². The Kier molecular flexibility index (Phi) is 6.40. The van der Waals surface area contributed by atoms with Crippen molar-refractivity contribution < 1.29 is 9.59 Å². The van der Waals surface area contributed by atoms with E-state index in [2.05, 4.69) is 15.6 Å². The van der Waals surface area contributed by atoms with Gasteiger partial charge in [0.1, 0.15) is 4.34 Å². The van der Waals surface area contributed by atoms with Crippen molar-refractivity contribution >= 4 is 40.6 Å². The van der Waals surface area contributed by atoms with Crippen LogP contribution in [0.25, 0.3) is 0 Å². The van der Waals surface area contributed by atoms with Crippen molar-refractivity contribution in [2.24, 2.45) is 0 Å². The summed E-state index contributed by atoms with van der Waals surface area (Å²) < 4.78 is 0.842. The highest BCUT2D eigenvalue weighted by Gasteiger charge is 2.13. The highest BCUT2D eigenvalue weighted by molar-refractivity contribution is 8.01. The molecule has 0 spiro atoms. The lowest BCUT2D eigenvalue weighted by molar-refractivity contribution is -0.113. The summed E-state index contributed by atoms with van der Waals surface area (Å²) in [6, 6.07) is 16.7. The molecule has 3 aromatic rings. The number of carbonyl (C=O) groups excluding carboxylic acids is 2. The monoisotopic (exact) mass is 383 g/mol. The summed E-state index contributed by atoms with van der Waals surface area (Å²) in [6.45, 7) is 0.432. The van der Waals surface area contributed by atoms with E-state index in [1.807, 2.05) is 35.7 Å². The zero-order valence-corrected chi connectivity index (χ0v) is 15.5. The van der Waals surface area contributed by atoms with Crippen LogP contribution >= 0.6 is 23.1 Å². The summed E-state index contributed by atoms with van der Waals surface area (Å²) in [5, 5.41) is 7.56. The summed E-state index contributed by atoms with van der Waals surface area (Å²) in [7, 11) is 0. The number of thiazole rings is 1. The van der Waals surface area contributed by atoms with Crippen molar-refractivity contribution in [3.05, 3.63) is 77.3 Å². The van der Waals surface area contributed by atoms with Gasteiger partial charge in [0, 0.05) is 18.1 Å². The lowest BCUT2D eigenvalue weighted by Crippen LogP contribution is -2.25. The summed E-state index contributed by atoms with van der Waals surface area (Å²) in [6.07, 6.45) is 1.71. The second kappa shape index (κ2) is 9.17. The predicted octanol–water partition coefficient (Wildman–Crippen LogP) is 3.80. The third-order valence-electron chi connectivity index (χ3n) is 3.48. The number of hydrogen-bond donors (Lipinski definition) is 2. The summed E-state index contributed by atoms with van der Waals surface area (Å²) in [5.74, 6) is -0.154. The van der Waals surface area contributed by atoms with E-state index in [0.29, 0.717) is 17.8 Å². The third-order valence-corrected chi connectivity index (χ3v) is 5.44. The Bertz CT molecular complexity index is 868. The van der Waals surface area contributed by atoms with Crippen molar-refractivity contribution in [1.82, 2.24) is 10.3 Å². The fourth-order valence-corrected chi connectivity index (χ4v) is 3.70. The Labute approximate surface area is 159 Å². The first-order valence-electron chi connectivity index (χ1n) is 7.95. The quantitative estimate of drug-likeness (QED) is 0.609. The van der Waals surface area contributed by atoms with Crippen molar-refractivity contribution in [3.63, 3.8) is 0 Å². The topological polar surface area (TPSA) is 71.1 Å². The van der Waals surface area contributed by atoms with Gasteiger partial charge >= 0.3 is 0 Å². The number of benzene rings is 2. The van der Waals surface area contributed by atoms with Gasteiger partial charge in [0.05, 0.1) is 17.0 Å². The van der Waals surface area contributed by atoms with Gasteiger partial charge in [-0.1, -0.05) is 54.2 Å². The molecule has 0 aliphatic rings. The average Bonchev–Trinajstić information content (AvgIpc) is 3.19. The zero-order valence-electron chi connectivity index (χ0n) is 13.8. The van der Waals surface area contributed by atoms with E-state index >= 15 is 0 Å². The van der Waals surface area contributed by atoms with Crippen LogP contribution in [0, 0.1) is 0 Å². The van der Waals surface area contributed by atoms with E-state index in [-0.39, 0.29) is 17.6 Å². The van der Waals surface area contributed by atoms with E-state index in [9.17, 15) is 9.59 Å². The normalized spacial score (nSPS) is 10.3. The van der Waals surface area contributed by atoms with Gasteiger partial charge in [0.2, 0.25) is 5.91 Å². The smallest absolute Gasteiger partial charge is 0.253 e. The Morgan fingerprint density at radius 2 is 1.81 bits per heavy atom. The molecule has 0 saturated heterocycles. The number of rotatable bonds is 7. The molecule has 0 saturated carbocycles. The Morgan fingerprint density at radius 1 is 1.04 bits per heavy atom. The molecule has 5 nitrogen and oxygen atoms in total. The van der Waals surface area contributed by atoms with Crippen LogP contribution in [0.15, 0.2) is 70.5 Å². The molecule has 0 atom stereocenters. The van der Waals surface area contributed by atoms with E-state index in [4.69, 9.17) is 0 Å². The minimum absolute atomic E-state index is 0.173. The predicted molar refractivity (Wildman–Crippen MR) is 106 cm³/mol. The molecule has 0 aliphatic heterocycles. The number of nitrogens with zero attached hydrogens (tertiary/aromatic N) is 1. The van der Waals surface area contributed by atoms with Crippen LogP contribution in [0.2, 0.25) is 0 Å². The summed E-state index contributed by atoms with van der Waals surface area (Å²) in [5.41, 5.74) is 1.96. The standard InChI is InChI=1S/C19H17N3O2S2/c23-17(13-26-19-20-10-11-25-19)22-16-9-5-4-8-15(16)18(24)21-12-14-6-2-1-3-7-14/h1-11H,12-13H2,(H,21,24)(H,22,23). The lowest BCUT2D eigenvalue weighted by Gasteiger charge is -2.11. The highest BCUT2D eigenvalue weighted by atomic mass is 32.2. The molecule has 0 radical (unpaired) electrons. The molecule has 26 heavy (non-hydrogen) atoms. The Hall–Kier alpha value is -2.64. The van der Waals surface area contributed by atoms with E-state index in [0.717, 1.165) is 9.90 Å². The van der Waals surface area contributed by atoms with Crippen LogP contribution in [0.5, 0.6) is 0 Å². The molecule has 0 bridgehead atoms. The molecule has 2 aromatic carbocycles. The molecule has 7 heteroatoms. The Balaban J connectivity index is 1.59. The van der Waals surface area contributed by atoms with Gasteiger partial charge in [-0.2, -0.15) is 0 Å². The number of anilines is 1. The zero-order chi connectivity index (χ0) is 18.2. The van der Waals surface area contributed by atoms with E-state index in [1.165, 1.54) is 23.1 Å². The van der Waals surface area contributed by atoms with Gasteiger partial charge in [0.25, 0.3) is 5.91 Å². The lowest BCUT2D eigenvalue weighted by atomic mass is 10.1. The molecule has 3 rings (SSSR count). The molecular formula is C19H17N3O2S2. The number of nitrogens with one attached hydrogen (secondary N) is 2. The largest absolute Gasteiger partial charge is 0.348 e. The van der Waals surface area contributed by atoms with Gasteiger partial charge < -0.3 is 10.6 Å². The molecule has 0 fully saturated rings. The summed E-state index contributed by atoms with van der Waals surface area (Å²) in [4.78, 5) is 28.8. The number of thioether (sulfide) groups is 1. The number of aromatic nitrogens is 1. The maximum atomic E-state index is 12.5. The molecular weight excluding hydrogens is 366 g/mol. The molecule has 1 heterocycles. The second-order valence-corrected chi connectivity index (χ2v) is 7.47. The minimum atomic E-state index is -0.225. The van der Waals surface area contributed by atoms with Gasteiger partial charge in [-0.05, 0) is 17.7 Å². The third kappa shape index (κ3) is 5.18. The molecule has 0 aliphatic carbocycles. The highest BCUT2D eigenvalue weighted by Crippen LogP contribution is 2.21. The van der Waals surface area contributed by atoms with Crippen LogP contribution in [0.4, 0.5) is 5.69 Å². The van der Waals surface area contributed by atoms with Crippen molar-refractivity contribution in [2.45, 2.75) is 10.9 Å². The average molecular weight is 383 g/mol. The SMILES string of the molecule is O=C(CSc1nccs1)Nc1ccccc1C(=O)NCc1ccccc1. The van der Waals surface area contributed by atoms with Crippen molar-refractivity contribution in [3.8, 4) is 0 Å². The number of carbonyl (C=O) groups is 2. The van der Waals surface area contributed by atoms with Crippen LogP contribution in [-0.2, 0) is 11.3 Å². The van der Waals surface area contributed by atoms with Crippen LogP contribution in [-0.4, -0.2) is 22.6 Å². The first kappa shape index (κ1) is 18.2. The number of hydrogen-bond acceptors (Lipinski definition) is 5. The second-order valence-electron chi connectivity index (χ2n) is 5.35. The molecule has 2 amide bonds. The van der Waals surface area contributed by atoms with E-state index in [1.54, 1.807) is 30.5 Å². The fraction of sp³-hybridized carbons (Fsp3) is 0.105. The maximum Gasteiger partial charge on any atom is 0.253 e. The van der Waals surface area contributed by atoms with Crippen molar-refractivity contribution in [1.29, 1.82) is 0 Å². The summed E-state index contributed by atoms with van der Waals surface area (Å²) >= 11 is 2.86. The van der Waals surface area contributed by atoms with Crippen LogP contribution in [0.1, 0.15) is 15.9 Å². The molecule has 1 aromatic heterocycles. The van der Waals surface area contributed by atoms with Crippen LogP contribution < -0.4 is 10.6 Å². The fourth-order valence-electron chi connectivity index (χ4n) is 2.26. The Morgan fingerprint density at radius 3 is 2.58 bits per heavy atom. The van der Waals surface area contributed by atoms with E-state index < -0.39 is 0 Å². The number of amides is 2. The first-order valence-corrected chi connectivity index (χ1v) is 9.82.